The van der Waals surface area contributed by atoms with E-state index in [1.54, 1.807) is 36.4 Å². The average Bonchev–Trinajstić information content (AvgIpc) is 3.15. The fourth-order valence-corrected chi connectivity index (χ4v) is 6.49. The van der Waals surface area contributed by atoms with Crippen molar-refractivity contribution in [3.8, 4) is 0 Å². The number of hydrogen-bond donors (Lipinski definition) is 9. The van der Waals surface area contributed by atoms with Crippen molar-refractivity contribution >= 4 is 84.9 Å². The van der Waals surface area contributed by atoms with Gasteiger partial charge in [0.25, 0.3) is 20.2 Å². The second kappa shape index (κ2) is 17.2. The summed E-state index contributed by atoms with van der Waals surface area (Å²) in [4.78, 5) is 24.5. The number of anilines is 9. The van der Waals surface area contributed by atoms with E-state index < -0.39 is 36.8 Å². The van der Waals surface area contributed by atoms with Gasteiger partial charge in [0.2, 0.25) is 29.7 Å². The van der Waals surface area contributed by atoms with Gasteiger partial charge in [-0.2, -0.15) is 46.7 Å². The normalized spacial score (nSPS) is 11.6. The molecule has 0 unspecified atom stereocenters. The van der Waals surface area contributed by atoms with E-state index in [1.807, 2.05) is 24.3 Å². The molecule has 9 N–H and O–H groups in total. The van der Waals surface area contributed by atoms with Crippen LogP contribution in [0.4, 0.5) is 52.5 Å². The third kappa shape index (κ3) is 10.5. The number of benzene rings is 4. The van der Waals surface area contributed by atoms with E-state index in [1.165, 1.54) is 36.4 Å². The molecule has 0 radical (unpaired) electrons. The van der Waals surface area contributed by atoms with Gasteiger partial charge < -0.3 is 36.8 Å². The first kappa shape index (κ1) is 39.1. The Kier molecular flexibility index (Phi) is 12.0. The Morgan fingerprint density at radius 3 is 1.29 bits per heavy atom. The Labute approximate surface area is 320 Å². The van der Waals surface area contributed by atoms with Gasteiger partial charge in [0.15, 0.2) is 0 Å². The number of para-hydroxylation sites is 2. The van der Waals surface area contributed by atoms with E-state index in [0.717, 1.165) is 12.1 Å². The van der Waals surface area contributed by atoms with Crippen molar-refractivity contribution in [2.45, 2.75) is 16.2 Å². The molecule has 19 nitrogen and oxygen atoms in total. The molecular formula is C35H33N11O8S2. The summed E-state index contributed by atoms with van der Waals surface area (Å²) in [5.74, 6) is 0.466. The zero-order valence-corrected chi connectivity index (χ0v) is 30.6. The molecule has 4 aromatic carbocycles. The molecule has 0 saturated heterocycles. The minimum absolute atomic E-state index is 0.00147. The Balaban J connectivity index is 1.27. The third-order valence-corrected chi connectivity index (χ3v) is 9.31. The highest BCUT2D eigenvalue weighted by Gasteiger charge is 2.19. The van der Waals surface area contributed by atoms with Crippen LogP contribution in [-0.2, 0) is 26.7 Å². The number of aliphatic hydroxyl groups is 2. The smallest absolute Gasteiger partial charge is 0.295 e. The second-order valence-electron chi connectivity index (χ2n) is 11.5. The number of rotatable bonds is 16. The summed E-state index contributed by atoms with van der Waals surface area (Å²) in [5.41, 5.74) is 1.58. The van der Waals surface area contributed by atoms with E-state index >= 15 is 0 Å². The topological polar surface area (TPSA) is 287 Å². The fourth-order valence-electron chi connectivity index (χ4n) is 5.07. The highest BCUT2D eigenvalue weighted by molar-refractivity contribution is 7.86. The summed E-state index contributed by atoms with van der Waals surface area (Å²) in [6.45, 7) is -0.725. The average molecular weight is 800 g/mol. The van der Waals surface area contributed by atoms with Gasteiger partial charge in [0, 0.05) is 29.2 Å². The molecule has 0 aliphatic rings. The monoisotopic (exact) mass is 799 g/mol. The quantitative estimate of drug-likeness (QED) is 0.0367. The lowest BCUT2D eigenvalue weighted by molar-refractivity contribution is 0.296. The molecule has 0 bridgehead atoms. The number of nitrogens with zero attached hydrogens (tertiary/aromatic N) is 6. The number of aliphatic hydroxyl groups excluding tert-OH is 2. The molecule has 0 spiro atoms. The predicted octanol–water partition coefficient (Wildman–Crippen LogP) is 4.59. The van der Waals surface area contributed by atoms with E-state index in [9.17, 15) is 36.2 Å². The van der Waals surface area contributed by atoms with E-state index in [-0.39, 0.29) is 71.1 Å². The van der Waals surface area contributed by atoms with Crippen molar-refractivity contribution in [1.29, 1.82) is 0 Å². The largest absolute Gasteiger partial charge is 0.396 e. The van der Waals surface area contributed by atoms with Crippen LogP contribution in [0.3, 0.4) is 0 Å². The van der Waals surface area contributed by atoms with Crippen LogP contribution in [0, 0.1) is 0 Å². The van der Waals surface area contributed by atoms with Crippen molar-refractivity contribution in [2.75, 3.05) is 39.9 Å². The molecule has 0 amide bonds. The molecule has 6 aromatic rings. The van der Waals surface area contributed by atoms with Crippen molar-refractivity contribution in [2.24, 2.45) is 0 Å². The molecule has 0 fully saturated rings. The first-order valence-corrected chi connectivity index (χ1v) is 19.3. The van der Waals surface area contributed by atoms with Gasteiger partial charge in [0.05, 0.1) is 6.61 Å². The van der Waals surface area contributed by atoms with Crippen molar-refractivity contribution in [3.63, 3.8) is 0 Å². The van der Waals surface area contributed by atoms with Crippen LogP contribution in [0.25, 0.3) is 12.2 Å². The van der Waals surface area contributed by atoms with Crippen LogP contribution >= 0.6 is 0 Å². The van der Waals surface area contributed by atoms with Gasteiger partial charge in [-0.05, 0) is 59.7 Å². The number of aromatic nitrogens is 6. The molecule has 21 heteroatoms. The van der Waals surface area contributed by atoms with Crippen LogP contribution in [0.5, 0.6) is 0 Å². The first-order valence-electron chi connectivity index (χ1n) is 16.4. The zero-order valence-electron chi connectivity index (χ0n) is 28.9. The maximum absolute atomic E-state index is 12.5. The predicted molar refractivity (Wildman–Crippen MR) is 209 cm³/mol. The maximum atomic E-state index is 12.5. The highest BCUT2D eigenvalue weighted by Crippen LogP contribution is 2.28. The summed E-state index contributed by atoms with van der Waals surface area (Å²) in [7, 11) is -9.69. The molecule has 0 aliphatic carbocycles. The van der Waals surface area contributed by atoms with Crippen molar-refractivity contribution < 1.29 is 36.2 Å². The Morgan fingerprint density at radius 2 is 0.893 bits per heavy atom. The summed E-state index contributed by atoms with van der Waals surface area (Å²) >= 11 is 0. The molecular weight excluding hydrogens is 767 g/mol. The van der Waals surface area contributed by atoms with Gasteiger partial charge in [-0.3, -0.25) is 9.11 Å². The van der Waals surface area contributed by atoms with Crippen molar-refractivity contribution in [1.82, 2.24) is 29.9 Å². The summed E-state index contributed by atoms with van der Waals surface area (Å²) in [6.07, 6.45) is 2.60. The molecule has 56 heavy (non-hydrogen) atoms. The van der Waals surface area contributed by atoms with Gasteiger partial charge in [-0.25, -0.2) is 0 Å². The van der Waals surface area contributed by atoms with Crippen LogP contribution < -0.4 is 26.6 Å². The fraction of sp³-hybridized carbons (Fsp3) is 0.0857. The Bertz CT molecular complexity index is 2410. The molecule has 0 aliphatic heterocycles. The minimum Gasteiger partial charge on any atom is -0.396 e. The van der Waals surface area contributed by atoms with E-state index in [0.29, 0.717) is 11.4 Å². The SMILES string of the molecule is O=S(=O)(O)c1cc(Nc2nc(CCO)nc(Nc3ccccc3)n2)ccc1/C=C/c1ccc(Nc2nc(NCO)nc(Nc3ccccc3)n2)cc1S(=O)(=O)O. The highest BCUT2D eigenvalue weighted by atomic mass is 32.2. The summed E-state index contributed by atoms with van der Waals surface area (Å²) < 4.78 is 70.4. The summed E-state index contributed by atoms with van der Waals surface area (Å²) in [5, 5.41) is 33.2. The first-order chi connectivity index (χ1) is 26.9. The zero-order chi connectivity index (χ0) is 39.7. The lowest BCUT2D eigenvalue weighted by Gasteiger charge is -2.12. The van der Waals surface area contributed by atoms with E-state index in [2.05, 4.69) is 56.5 Å². The lowest BCUT2D eigenvalue weighted by Crippen LogP contribution is -2.10. The summed E-state index contributed by atoms with van der Waals surface area (Å²) in [6, 6.07) is 25.9. The standard InChI is InChI=1S/C35H33N11O8S2/c47-18-17-30-41-32(37-24-7-3-1-4-8-24)45-33(42-30)39-26-15-13-22(28(19-26)55(49,50)51)11-12-23-14-16-27(20-29(23)56(52,53)54)40-35-44-31(36-21-48)43-34(46-35)38-25-9-5-2-6-10-25/h1-16,19-20,47-48H,17-18,21H2,(H,49,50,51)(H,52,53,54)(H2,37,39,41,42,45)(H3,36,38,40,43,44,46)/b12-11+. The van der Waals surface area contributed by atoms with Crippen LogP contribution in [0.1, 0.15) is 17.0 Å². The second-order valence-corrected chi connectivity index (χ2v) is 14.3. The Morgan fingerprint density at radius 1 is 0.500 bits per heavy atom. The van der Waals surface area contributed by atoms with Gasteiger partial charge >= 0.3 is 0 Å². The Hall–Kier alpha value is -6.62. The van der Waals surface area contributed by atoms with Crippen LogP contribution in [-0.4, -0.2) is 79.4 Å². The third-order valence-electron chi connectivity index (χ3n) is 7.49. The molecule has 6 rings (SSSR count). The maximum Gasteiger partial charge on any atom is 0.295 e. The molecule has 0 saturated carbocycles. The molecule has 0 atom stereocenters. The lowest BCUT2D eigenvalue weighted by atomic mass is 10.1. The van der Waals surface area contributed by atoms with Gasteiger partial charge in [0.1, 0.15) is 22.3 Å². The van der Waals surface area contributed by atoms with Crippen LogP contribution in [0.2, 0.25) is 0 Å². The molecule has 2 heterocycles. The number of nitrogens with one attached hydrogen (secondary N) is 5. The van der Waals surface area contributed by atoms with E-state index in [4.69, 9.17) is 0 Å². The van der Waals surface area contributed by atoms with Crippen molar-refractivity contribution in [3.05, 3.63) is 114 Å². The van der Waals surface area contributed by atoms with Gasteiger partial charge in [-0.1, -0.05) is 60.7 Å². The molecule has 288 valence electrons. The minimum atomic E-state index is -4.85. The van der Waals surface area contributed by atoms with Gasteiger partial charge in [-0.15, -0.1) is 0 Å². The molecule has 2 aromatic heterocycles. The number of hydrogen-bond acceptors (Lipinski definition) is 17. The van der Waals surface area contributed by atoms with Crippen LogP contribution in [0.15, 0.2) is 107 Å².